The van der Waals surface area contributed by atoms with Gasteiger partial charge in [0.25, 0.3) is 11.6 Å². The number of ether oxygens (including phenoxy) is 1. The van der Waals surface area contributed by atoms with Gasteiger partial charge in [-0.2, -0.15) is 18.3 Å². The molecule has 1 saturated heterocycles. The highest BCUT2D eigenvalue weighted by molar-refractivity contribution is 6.09. The molecular weight excluding hydrogens is 552 g/mol. The van der Waals surface area contributed by atoms with Crippen molar-refractivity contribution < 1.29 is 41.8 Å². The van der Waals surface area contributed by atoms with Crippen LogP contribution in [0.1, 0.15) is 23.2 Å². The van der Waals surface area contributed by atoms with Crippen LogP contribution in [0.4, 0.5) is 22.4 Å². The van der Waals surface area contributed by atoms with Crippen LogP contribution in [0.3, 0.4) is 0 Å². The minimum atomic E-state index is -5.39. The van der Waals surface area contributed by atoms with Gasteiger partial charge in [0.15, 0.2) is 5.54 Å². The monoisotopic (exact) mass is 574 g/mol. The number of nitrogens with one attached hydrogen (secondary N) is 1. The highest BCUT2D eigenvalue weighted by Gasteiger charge is 2.62. The van der Waals surface area contributed by atoms with Crippen molar-refractivity contribution in [3.63, 3.8) is 0 Å². The van der Waals surface area contributed by atoms with E-state index in [1.807, 2.05) is 6.07 Å². The van der Waals surface area contributed by atoms with Crippen molar-refractivity contribution in [2.45, 2.75) is 36.8 Å². The first-order valence-corrected chi connectivity index (χ1v) is 12.5. The first-order valence-electron chi connectivity index (χ1n) is 12.5. The maximum Gasteiger partial charge on any atom is 0.440 e. The van der Waals surface area contributed by atoms with Gasteiger partial charge in [-0.3, -0.25) is 29.1 Å². The number of pyridine rings is 1. The zero-order chi connectivity index (χ0) is 29.3. The molecule has 2 atom stereocenters. The summed E-state index contributed by atoms with van der Waals surface area (Å²) < 4.78 is 62.8. The molecule has 0 saturated carbocycles. The summed E-state index contributed by atoms with van der Waals surface area (Å²) >= 11 is 0. The van der Waals surface area contributed by atoms with Crippen LogP contribution in [0.5, 0.6) is 5.75 Å². The lowest BCUT2D eigenvalue weighted by molar-refractivity contribution is -0.317. The molecule has 41 heavy (non-hydrogen) atoms. The lowest BCUT2D eigenvalue weighted by atomic mass is 9.95. The molecule has 1 aromatic carbocycles. The summed E-state index contributed by atoms with van der Waals surface area (Å²) in [5.41, 5.74) is -3.06. The van der Waals surface area contributed by atoms with Crippen molar-refractivity contribution in [2.24, 2.45) is 7.05 Å². The number of amides is 4. The number of aromatic nitrogens is 3. The third kappa shape index (κ3) is 4.10. The maximum atomic E-state index is 14.1. The van der Waals surface area contributed by atoms with Gasteiger partial charge in [-0.1, -0.05) is 0 Å². The van der Waals surface area contributed by atoms with Gasteiger partial charge in [0.1, 0.15) is 24.7 Å². The quantitative estimate of drug-likeness (QED) is 0.362. The topological polar surface area (TPSA) is 130 Å². The number of alkyl halides is 3. The van der Waals surface area contributed by atoms with Crippen LogP contribution in [0.15, 0.2) is 42.9 Å². The van der Waals surface area contributed by atoms with Gasteiger partial charge in [-0.05, 0) is 42.7 Å². The molecule has 6 rings (SSSR count). The summed E-state index contributed by atoms with van der Waals surface area (Å²) in [5.74, 6) is -3.21. The minimum Gasteiger partial charge on any atom is -0.488 e. The lowest BCUT2D eigenvalue weighted by Gasteiger charge is -2.38. The van der Waals surface area contributed by atoms with Crippen molar-refractivity contribution in [2.75, 3.05) is 13.2 Å². The van der Waals surface area contributed by atoms with Crippen molar-refractivity contribution in [3.05, 3.63) is 65.5 Å². The molecule has 214 valence electrons. The zero-order valence-electron chi connectivity index (χ0n) is 21.4. The highest BCUT2D eigenvalue weighted by atomic mass is 19.4. The second kappa shape index (κ2) is 8.99. The van der Waals surface area contributed by atoms with E-state index >= 15 is 0 Å². The summed E-state index contributed by atoms with van der Waals surface area (Å²) in [4.78, 5) is 44.9. The fraction of sp³-hybridized carbons (Fsp3) is 0.346. The summed E-state index contributed by atoms with van der Waals surface area (Å²) in [7, 11) is 1.76. The van der Waals surface area contributed by atoms with Gasteiger partial charge < -0.3 is 15.2 Å². The molecule has 3 aromatic rings. The third-order valence-corrected chi connectivity index (χ3v) is 7.63. The number of aryl methyl sites for hydroxylation is 2. The summed E-state index contributed by atoms with van der Waals surface area (Å²) in [6, 6.07) is 3.74. The third-order valence-electron chi connectivity index (χ3n) is 7.63. The van der Waals surface area contributed by atoms with Crippen LogP contribution in [0.25, 0.3) is 11.1 Å². The molecule has 11 nitrogen and oxygen atoms in total. The molecule has 0 radical (unpaired) electrons. The summed E-state index contributed by atoms with van der Waals surface area (Å²) in [6.07, 6.45) is 0.0522. The second-order valence-electron chi connectivity index (χ2n) is 10.2. The molecule has 2 N–H and O–H groups in total. The Hall–Kier alpha value is -4.53. The molecule has 1 unspecified atom stereocenters. The Morgan fingerprint density at radius 3 is 2.66 bits per heavy atom. The molecule has 1 aliphatic carbocycles. The van der Waals surface area contributed by atoms with Gasteiger partial charge in [-0.15, -0.1) is 0 Å². The SMILES string of the molecule is Cn1cc(-c2cnc3c(c2)CCC32NC(=O)N(CC(=O)N3Cc4cc(F)ccc4OC[C@]3(O)C(F)(F)F)C2=O)cn1. The van der Waals surface area contributed by atoms with Crippen molar-refractivity contribution in [3.8, 4) is 16.9 Å². The van der Waals surface area contributed by atoms with E-state index in [0.717, 1.165) is 29.3 Å². The Labute approximate surface area is 229 Å². The number of halogens is 4. The van der Waals surface area contributed by atoms with Crippen LogP contribution in [-0.4, -0.2) is 72.6 Å². The number of urea groups is 1. The van der Waals surface area contributed by atoms with Gasteiger partial charge in [0, 0.05) is 36.1 Å². The number of carbonyl (C=O) groups excluding carboxylic acids is 3. The smallest absolute Gasteiger partial charge is 0.440 e. The number of carbonyl (C=O) groups is 3. The van der Waals surface area contributed by atoms with E-state index in [1.54, 1.807) is 24.1 Å². The number of rotatable bonds is 3. The van der Waals surface area contributed by atoms with Gasteiger partial charge >= 0.3 is 12.2 Å². The Bertz CT molecular complexity index is 1610. The predicted molar refractivity (Wildman–Crippen MR) is 130 cm³/mol. The van der Waals surface area contributed by atoms with Gasteiger partial charge in [0.2, 0.25) is 5.91 Å². The van der Waals surface area contributed by atoms with E-state index in [2.05, 4.69) is 15.4 Å². The number of imide groups is 1. The average molecular weight is 574 g/mol. The Morgan fingerprint density at radius 2 is 1.95 bits per heavy atom. The lowest BCUT2D eigenvalue weighted by Crippen LogP contribution is -2.64. The molecule has 15 heteroatoms. The normalized spacial score (nSPS) is 23.8. The van der Waals surface area contributed by atoms with E-state index in [-0.39, 0.29) is 28.3 Å². The van der Waals surface area contributed by atoms with Crippen LogP contribution < -0.4 is 10.1 Å². The van der Waals surface area contributed by atoms with E-state index in [0.29, 0.717) is 16.9 Å². The molecule has 2 aliphatic heterocycles. The van der Waals surface area contributed by atoms with Crippen LogP contribution in [0, 0.1) is 5.82 Å². The van der Waals surface area contributed by atoms with E-state index in [1.165, 1.54) is 6.20 Å². The molecule has 1 spiro atoms. The molecule has 3 aliphatic rings. The molecule has 1 fully saturated rings. The number of hydrogen-bond donors (Lipinski definition) is 2. The summed E-state index contributed by atoms with van der Waals surface area (Å²) in [5, 5.41) is 17.4. The minimum absolute atomic E-state index is 0.0465. The largest absolute Gasteiger partial charge is 0.488 e. The van der Waals surface area contributed by atoms with Gasteiger partial charge in [0.05, 0.1) is 18.4 Å². The number of fused-ring (bicyclic) bond motifs is 3. The first kappa shape index (κ1) is 26.7. The second-order valence-corrected chi connectivity index (χ2v) is 10.2. The van der Waals surface area contributed by atoms with Crippen molar-refractivity contribution in [1.82, 2.24) is 29.9 Å². The number of hydrogen-bond acceptors (Lipinski definition) is 7. The van der Waals surface area contributed by atoms with Crippen LogP contribution in [0.2, 0.25) is 0 Å². The van der Waals surface area contributed by atoms with Crippen LogP contribution >= 0.6 is 0 Å². The van der Waals surface area contributed by atoms with E-state index < -0.39 is 60.8 Å². The molecule has 0 bridgehead atoms. The fourth-order valence-electron chi connectivity index (χ4n) is 5.47. The summed E-state index contributed by atoms with van der Waals surface area (Å²) in [6.45, 7) is -3.40. The molecule has 2 aromatic heterocycles. The number of aliphatic hydroxyl groups is 1. The Kier molecular flexibility index (Phi) is 5.85. The molecule has 4 heterocycles. The average Bonchev–Trinajstić information content (AvgIpc) is 3.54. The van der Waals surface area contributed by atoms with E-state index in [9.17, 15) is 37.1 Å². The van der Waals surface area contributed by atoms with Gasteiger partial charge in [-0.25, -0.2) is 9.18 Å². The molecule has 4 amide bonds. The number of benzene rings is 1. The maximum absolute atomic E-state index is 14.1. The number of nitrogens with zero attached hydrogens (tertiary/aromatic N) is 5. The predicted octanol–water partition coefficient (Wildman–Crippen LogP) is 1.99. The Balaban J connectivity index is 1.29. The van der Waals surface area contributed by atoms with Crippen molar-refractivity contribution >= 4 is 17.8 Å². The molecular formula is C26H22F4N6O5. The first-order chi connectivity index (χ1) is 19.3. The Morgan fingerprint density at radius 1 is 1.17 bits per heavy atom. The van der Waals surface area contributed by atoms with Crippen LogP contribution in [-0.2, 0) is 35.1 Å². The van der Waals surface area contributed by atoms with Crippen molar-refractivity contribution in [1.29, 1.82) is 0 Å². The standard InChI is InChI=1S/C26H22F4N6O5/c1-34-10-17(9-32-34)15-6-14-4-5-24(21(14)31-8-15)22(38)35(23(39)33-24)12-20(37)36-11-16-7-18(27)2-3-19(16)41-13-25(36,40)26(28,29)30/h2-3,6-10,40H,4-5,11-13H2,1H3,(H,33,39)/t24?,25-/m0/s1. The fourth-order valence-corrected chi connectivity index (χ4v) is 5.47. The highest BCUT2D eigenvalue weighted by Crippen LogP contribution is 2.42. The van der Waals surface area contributed by atoms with E-state index in [4.69, 9.17) is 4.74 Å². The zero-order valence-corrected chi connectivity index (χ0v) is 21.4.